The van der Waals surface area contributed by atoms with Crippen LogP contribution in [0.5, 0.6) is 0 Å². The van der Waals surface area contributed by atoms with Crippen LogP contribution in [0.4, 0.5) is 11.4 Å². The summed E-state index contributed by atoms with van der Waals surface area (Å²) in [5.41, 5.74) is 4.20. The molecule has 0 bridgehead atoms. The van der Waals surface area contributed by atoms with E-state index in [-0.39, 0.29) is 0 Å². The maximum Gasteiger partial charge on any atom is 0.137 e. The third-order valence-electron chi connectivity index (χ3n) is 7.03. The molecule has 240 valence electrons. The second-order valence-electron chi connectivity index (χ2n) is 11.2. The Kier molecular flexibility index (Phi) is 12.7. The van der Waals surface area contributed by atoms with Crippen molar-refractivity contribution in [3.8, 4) is 0 Å². The van der Waals surface area contributed by atoms with E-state index >= 15 is 0 Å². The number of para-hydroxylation sites is 2. The van der Waals surface area contributed by atoms with Crippen LogP contribution in [0, 0.1) is 0 Å². The van der Waals surface area contributed by atoms with Crippen molar-refractivity contribution in [1.29, 1.82) is 0 Å². The predicted molar refractivity (Wildman–Crippen MR) is 207 cm³/mol. The fraction of sp³-hybridized carbons (Fsp3) is 0.0952. The van der Waals surface area contributed by atoms with Gasteiger partial charge in [-0.1, -0.05) is 133 Å². The highest BCUT2D eigenvalue weighted by Crippen LogP contribution is 2.33. The first-order valence-electron chi connectivity index (χ1n) is 15.7. The predicted octanol–water partition coefficient (Wildman–Crippen LogP) is 11.0. The highest BCUT2D eigenvalue weighted by atomic mass is 32.2. The van der Waals surface area contributed by atoms with E-state index in [1.54, 1.807) is 23.5 Å². The van der Waals surface area contributed by atoms with Gasteiger partial charge < -0.3 is 9.80 Å². The van der Waals surface area contributed by atoms with E-state index in [9.17, 15) is 0 Å². The van der Waals surface area contributed by atoms with Gasteiger partial charge in [-0.15, -0.1) is 0 Å². The average molecular weight is 665 g/mol. The number of amidine groups is 2. The van der Waals surface area contributed by atoms with Gasteiger partial charge in [0, 0.05) is 58.9 Å². The molecule has 0 aliphatic heterocycles. The fourth-order valence-electron chi connectivity index (χ4n) is 4.76. The molecular formula is C42H40N4S2. The summed E-state index contributed by atoms with van der Waals surface area (Å²) in [5.74, 6) is 1.92. The molecule has 48 heavy (non-hydrogen) atoms. The molecule has 0 saturated carbocycles. The molecule has 0 aliphatic carbocycles. The first kappa shape index (κ1) is 34.3. The number of rotatable bonds is 8. The minimum atomic E-state index is 0.959. The maximum atomic E-state index is 4.86. The molecular weight excluding hydrogens is 625 g/mol. The summed E-state index contributed by atoms with van der Waals surface area (Å²) in [5, 5.41) is 0. The van der Waals surface area contributed by atoms with Crippen molar-refractivity contribution >= 4 is 46.6 Å². The lowest BCUT2D eigenvalue weighted by Crippen LogP contribution is -2.23. The van der Waals surface area contributed by atoms with Crippen LogP contribution in [0.1, 0.15) is 11.1 Å². The van der Waals surface area contributed by atoms with E-state index in [0.717, 1.165) is 34.2 Å². The Labute approximate surface area is 293 Å². The Balaban J connectivity index is 0.000000188. The third-order valence-corrected chi connectivity index (χ3v) is 9.20. The van der Waals surface area contributed by atoms with Crippen LogP contribution >= 0.6 is 23.5 Å². The molecule has 0 aromatic heterocycles. The van der Waals surface area contributed by atoms with Gasteiger partial charge in [-0.25, -0.2) is 9.98 Å². The molecule has 0 saturated heterocycles. The second-order valence-corrected chi connectivity index (χ2v) is 13.4. The molecule has 0 N–H and O–H groups in total. The lowest BCUT2D eigenvalue weighted by molar-refractivity contribution is 0.622. The van der Waals surface area contributed by atoms with E-state index in [1.807, 2.05) is 101 Å². The number of nitrogens with zero attached hydrogens (tertiary/aromatic N) is 4. The number of hydrogen-bond acceptors (Lipinski definition) is 4. The van der Waals surface area contributed by atoms with Gasteiger partial charge in [0.1, 0.15) is 11.7 Å². The molecule has 6 heteroatoms. The van der Waals surface area contributed by atoms with Crippen LogP contribution in [0.25, 0.3) is 0 Å². The SMILES string of the molecule is CN(C)C(=Nc1ccccc1)c1ccccc1Sc1ccccc1.CN(C)C(=Nc1ccccc1)c1ccccc1Sc1ccccc1. The Hall–Kier alpha value is -5.04. The fourth-order valence-corrected chi connectivity index (χ4v) is 6.69. The smallest absolute Gasteiger partial charge is 0.137 e. The lowest BCUT2D eigenvalue weighted by atomic mass is 10.2. The van der Waals surface area contributed by atoms with Crippen LogP contribution in [0.15, 0.2) is 199 Å². The van der Waals surface area contributed by atoms with Crippen molar-refractivity contribution in [2.24, 2.45) is 9.98 Å². The molecule has 6 rings (SSSR count). The Morgan fingerprint density at radius 1 is 0.375 bits per heavy atom. The first-order valence-corrected chi connectivity index (χ1v) is 17.4. The third kappa shape index (κ3) is 9.98. The molecule has 0 atom stereocenters. The second kappa shape index (κ2) is 17.8. The molecule has 0 spiro atoms. The van der Waals surface area contributed by atoms with E-state index in [0.29, 0.717) is 0 Å². The summed E-state index contributed by atoms with van der Waals surface area (Å²) in [6, 6.07) is 57.9. The minimum absolute atomic E-state index is 0.959. The summed E-state index contributed by atoms with van der Waals surface area (Å²) < 4.78 is 0. The lowest BCUT2D eigenvalue weighted by Gasteiger charge is -2.19. The van der Waals surface area contributed by atoms with Crippen molar-refractivity contribution in [3.63, 3.8) is 0 Å². The summed E-state index contributed by atoms with van der Waals surface area (Å²) in [6.45, 7) is 0. The highest BCUT2D eigenvalue weighted by molar-refractivity contribution is 7.99. The van der Waals surface area contributed by atoms with Crippen molar-refractivity contribution in [3.05, 3.63) is 181 Å². The molecule has 0 amide bonds. The van der Waals surface area contributed by atoms with Crippen molar-refractivity contribution in [2.75, 3.05) is 28.2 Å². The number of benzene rings is 6. The van der Waals surface area contributed by atoms with Gasteiger partial charge in [0.2, 0.25) is 0 Å². The van der Waals surface area contributed by atoms with Crippen molar-refractivity contribution < 1.29 is 0 Å². The zero-order chi connectivity index (χ0) is 33.6. The van der Waals surface area contributed by atoms with Gasteiger partial charge in [-0.05, 0) is 60.7 Å². The van der Waals surface area contributed by atoms with E-state index in [4.69, 9.17) is 9.98 Å². The van der Waals surface area contributed by atoms with E-state index in [1.165, 1.54) is 19.6 Å². The van der Waals surface area contributed by atoms with E-state index < -0.39 is 0 Å². The summed E-state index contributed by atoms with van der Waals surface area (Å²) in [6.07, 6.45) is 0. The summed E-state index contributed by atoms with van der Waals surface area (Å²) >= 11 is 3.53. The van der Waals surface area contributed by atoms with Crippen LogP contribution in [-0.4, -0.2) is 49.7 Å². The highest BCUT2D eigenvalue weighted by Gasteiger charge is 2.14. The summed E-state index contributed by atoms with van der Waals surface area (Å²) in [4.78, 5) is 18.7. The van der Waals surface area contributed by atoms with Crippen LogP contribution < -0.4 is 0 Å². The Morgan fingerprint density at radius 2 is 0.667 bits per heavy atom. The largest absolute Gasteiger partial charge is 0.362 e. The van der Waals surface area contributed by atoms with Crippen LogP contribution in [0.2, 0.25) is 0 Å². The van der Waals surface area contributed by atoms with Gasteiger partial charge in [0.25, 0.3) is 0 Å². The van der Waals surface area contributed by atoms with Gasteiger partial charge in [-0.3, -0.25) is 0 Å². The number of hydrogen-bond donors (Lipinski definition) is 0. The molecule has 6 aromatic carbocycles. The van der Waals surface area contributed by atoms with Crippen LogP contribution in [-0.2, 0) is 0 Å². The molecule has 0 heterocycles. The standard InChI is InChI=1S/2C21H20N2S/c2*1-23(2)21(22-17-11-5-3-6-12-17)19-15-9-10-16-20(19)24-18-13-7-4-8-14-18/h2*3-16H,1-2H3. The normalized spacial score (nSPS) is 11.3. The topological polar surface area (TPSA) is 31.2 Å². The van der Waals surface area contributed by atoms with Crippen LogP contribution in [0.3, 0.4) is 0 Å². The molecule has 0 unspecified atom stereocenters. The van der Waals surface area contributed by atoms with Gasteiger partial charge >= 0.3 is 0 Å². The van der Waals surface area contributed by atoms with Crippen molar-refractivity contribution in [1.82, 2.24) is 9.80 Å². The molecule has 0 radical (unpaired) electrons. The molecule has 0 aliphatic rings. The minimum Gasteiger partial charge on any atom is -0.362 e. The maximum absolute atomic E-state index is 4.86. The number of aliphatic imine (C=N–C) groups is 2. The van der Waals surface area contributed by atoms with Gasteiger partial charge in [0.05, 0.1) is 11.4 Å². The molecule has 0 fully saturated rings. The van der Waals surface area contributed by atoms with Crippen molar-refractivity contribution in [2.45, 2.75) is 19.6 Å². The van der Waals surface area contributed by atoms with Gasteiger partial charge in [-0.2, -0.15) is 0 Å². The first-order chi connectivity index (χ1) is 23.5. The zero-order valence-corrected chi connectivity index (χ0v) is 29.4. The Bertz CT molecular complexity index is 1770. The monoisotopic (exact) mass is 664 g/mol. The van der Waals surface area contributed by atoms with Gasteiger partial charge in [0.15, 0.2) is 0 Å². The Morgan fingerprint density at radius 3 is 1.00 bits per heavy atom. The average Bonchev–Trinajstić information content (AvgIpc) is 3.12. The molecule has 6 aromatic rings. The zero-order valence-electron chi connectivity index (χ0n) is 27.8. The molecule has 4 nitrogen and oxygen atoms in total. The summed E-state index contributed by atoms with van der Waals surface area (Å²) in [7, 11) is 8.13. The van der Waals surface area contributed by atoms with E-state index in [2.05, 4.69) is 107 Å². The quantitative estimate of drug-likeness (QED) is 0.120.